The van der Waals surface area contributed by atoms with Crippen LogP contribution in [0, 0.1) is 17.0 Å². The van der Waals surface area contributed by atoms with E-state index in [1.165, 1.54) is 4.68 Å². The maximum atomic E-state index is 10.5. The summed E-state index contributed by atoms with van der Waals surface area (Å²) in [5.74, 6) is 0.651. The van der Waals surface area contributed by atoms with Crippen molar-refractivity contribution >= 4 is 5.95 Å². The number of aromatic nitrogens is 5. The third-order valence-electron chi connectivity index (χ3n) is 1.93. The summed E-state index contributed by atoms with van der Waals surface area (Å²) in [5, 5.41) is 14.1. The lowest BCUT2D eigenvalue weighted by atomic mass is 10.7. The molecular formula is C7H8N6O2. The van der Waals surface area contributed by atoms with E-state index in [0.29, 0.717) is 11.8 Å². The van der Waals surface area contributed by atoms with Crippen molar-refractivity contribution in [3.8, 4) is 5.95 Å². The van der Waals surface area contributed by atoms with Crippen LogP contribution in [0.3, 0.4) is 0 Å². The van der Waals surface area contributed by atoms with Crippen LogP contribution in [0.4, 0.5) is 5.95 Å². The van der Waals surface area contributed by atoms with Gasteiger partial charge in [-0.3, -0.25) is 4.57 Å². The summed E-state index contributed by atoms with van der Waals surface area (Å²) in [6.07, 6.45) is 3.26. The van der Waals surface area contributed by atoms with E-state index in [2.05, 4.69) is 15.1 Å². The third-order valence-corrected chi connectivity index (χ3v) is 1.93. The van der Waals surface area contributed by atoms with Gasteiger partial charge in [-0.2, -0.15) is 4.68 Å². The Kier molecular flexibility index (Phi) is 1.96. The van der Waals surface area contributed by atoms with Crippen molar-refractivity contribution < 1.29 is 4.92 Å². The fraction of sp³-hybridized carbons (Fsp3) is 0.286. The van der Waals surface area contributed by atoms with Gasteiger partial charge in [-0.05, 0) is 16.8 Å². The van der Waals surface area contributed by atoms with Crippen LogP contribution in [0.2, 0.25) is 0 Å². The van der Waals surface area contributed by atoms with Crippen molar-refractivity contribution in [2.45, 2.75) is 6.92 Å². The van der Waals surface area contributed by atoms with Gasteiger partial charge in [-0.25, -0.2) is 4.98 Å². The number of nitrogens with zero attached hydrogens (tertiary/aromatic N) is 6. The molecule has 0 saturated heterocycles. The summed E-state index contributed by atoms with van der Waals surface area (Å²) < 4.78 is 2.97. The SMILES string of the molecule is Cc1nccn1-c1nc([N+](=O)[O-])nn1C. The predicted octanol–water partition coefficient (Wildman–Crippen LogP) is 0.217. The average Bonchev–Trinajstić information content (AvgIpc) is 2.71. The van der Waals surface area contributed by atoms with Crippen molar-refractivity contribution in [2.75, 3.05) is 0 Å². The van der Waals surface area contributed by atoms with Gasteiger partial charge in [0.25, 0.3) is 0 Å². The molecule has 0 radical (unpaired) electrons. The highest BCUT2D eigenvalue weighted by molar-refractivity contribution is 5.19. The molecule has 8 nitrogen and oxygen atoms in total. The molecule has 0 atom stereocenters. The number of aryl methyl sites for hydroxylation is 2. The highest BCUT2D eigenvalue weighted by Gasteiger charge is 2.21. The molecule has 78 valence electrons. The van der Waals surface area contributed by atoms with Gasteiger partial charge in [0.1, 0.15) is 5.82 Å². The fourth-order valence-corrected chi connectivity index (χ4v) is 1.24. The molecule has 2 aromatic heterocycles. The van der Waals surface area contributed by atoms with Crippen LogP contribution in [0.5, 0.6) is 0 Å². The predicted molar refractivity (Wildman–Crippen MR) is 49.5 cm³/mol. The van der Waals surface area contributed by atoms with Gasteiger partial charge >= 0.3 is 11.9 Å². The van der Waals surface area contributed by atoms with Crippen LogP contribution >= 0.6 is 0 Å². The van der Waals surface area contributed by atoms with Gasteiger partial charge in [0, 0.05) is 24.5 Å². The Morgan fingerprint density at radius 1 is 1.53 bits per heavy atom. The van der Waals surface area contributed by atoms with E-state index in [1.807, 2.05) is 0 Å². The minimum absolute atomic E-state index is 0.372. The maximum absolute atomic E-state index is 10.5. The molecule has 0 aliphatic heterocycles. The monoisotopic (exact) mass is 208 g/mol. The molecule has 0 aliphatic carbocycles. The van der Waals surface area contributed by atoms with E-state index < -0.39 is 10.9 Å². The summed E-state index contributed by atoms with van der Waals surface area (Å²) in [4.78, 5) is 17.6. The molecule has 0 fully saturated rings. The Morgan fingerprint density at radius 2 is 2.27 bits per heavy atom. The van der Waals surface area contributed by atoms with Crippen LogP contribution < -0.4 is 0 Å². The first-order valence-electron chi connectivity index (χ1n) is 4.15. The van der Waals surface area contributed by atoms with Crippen LogP contribution in [-0.4, -0.2) is 29.2 Å². The van der Waals surface area contributed by atoms with Gasteiger partial charge in [0.2, 0.25) is 0 Å². The first-order chi connectivity index (χ1) is 7.09. The standard InChI is InChI=1S/C7H8N6O2/c1-5-8-3-4-12(5)7-9-6(13(14)15)10-11(7)2/h3-4H,1-2H3. The molecule has 0 aliphatic rings. The second-order valence-corrected chi connectivity index (χ2v) is 2.94. The van der Waals surface area contributed by atoms with Gasteiger partial charge in [-0.1, -0.05) is 0 Å². The molecule has 0 N–H and O–H groups in total. The molecule has 0 unspecified atom stereocenters. The molecule has 8 heteroatoms. The summed E-state index contributed by atoms with van der Waals surface area (Å²) in [6, 6.07) is 0. The van der Waals surface area contributed by atoms with Crippen molar-refractivity contribution in [1.82, 2.24) is 24.3 Å². The summed E-state index contributed by atoms with van der Waals surface area (Å²) in [6.45, 7) is 1.78. The topological polar surface area (TPSA) is 91.7 Å². The highest BCUT2D eigenvalue weighted by atomic mass is 16.6. The number of imidazole rings is 1. The van der Waals surface area contributed by atoms with Crippen molar-refractivity contribution in [2.24, 2.45) is 7.05 Å². The minimum atomic E-state index is -0.629. The summed E-state index contributed by atoms with van der Waals surface area (Å²) in [5.41, 5.74) is 0. The van der Waals surface area contributed by atoms with Crippen molar-refractivity contribution in [1.29, 1.82) is 0 Å². The molecule has 15 heavy (non-hydrogen) atoms. The van der Waals surface area contributed by atoms with E-state index in [4.69, 9.17) is 0 Å². The summed E-state index contributed by atoms with van der Waals surface area (Å²) in [7, 11) is 1.59. The molecule has 0 amide bonds. The molecule has 0 saturated carbocycles. The maximum Gasteiger partial charge on any atom is 0.493 e. The molecular weight excluding hydrogens is 200 g/mol. The minimum Gasteiger partial charge on any atom is -0.390 e. The Balaban J connectivity index is 2.54. The lowest BCUT2D eigenvalue weighted by molar-refractivity contribution is -0.394. The molecule has 0 bridgehead atoms. The zero-order valence-corrected chi connectivity index (χ0v) is 8.15. The number of hydrogen-bond acceptors (Lipinski definition) is 5. The van der Waals surface area contributed by atoms with Gasteiger partial charge in [0.15, 0.2) is 0 Å². The lowest BCUT2D eigenvalue weighted by Gasteiger charge is -1.96. The molecule has 0 spiro atoms. The first-order valence-corrected chi connectivity index (χ1v) is 4.15. The van der Waals surface area contributed by atoms with Crippen LogP contribution in [0.1, 0.15) is 5.82 Å². The molecule has 2 heterocycles. The zero-order chi connectivity index (χ0) is 11.0. The second-order valence-electron chi connectivity index (χ2n) is 2.94. The molecule has 2 rings (SSSR count). The second kappa shape index (κ2) is 3.15. The summed E-state index contributed by atoms with van der Waals surface area (Å²) >= 11 is 0. The van der Waals surface area contributed by atoms with E-state index in [1.54, 1.807) is 30.9 Å². The first kappa shape index (κ1) is 9.31. The van der Waals surface area contributed by atoms with Crippen LogP contribution in [0.15, 0.2) is 12.4 Å². The Bertz CT molecular complexity index is 513. The molecule has 0 aromatic carbocycles. The fourth-order valence-electron chi connectivity index (χ4n) is 1.24. The quantitative estimate of drug-likeness (QED) is 0.519. The Hall–Kier alpha value is -2.25. The van der Waals surface area contributed by atoms with Crippen molar-refractivity contribution in [3.05, 3.63) is 28.3 Å². The largest absolute Gasteiger partial charge is 0.493 e. The van der Waals surface area contributed by atoms with E-state index >= 15 is 0 Å². The Labute approximate surface area is 84.3 Å². The molecule has 2 aromatic rings. The van der Waals surface area contributed by atoms with Gasteiger partial charge in [-0.15, -0.1) is 0 Å². The van der Waals surface area contributed by atoms with Crippen LogP contribution in [0.25, 0.3) is 5.95 Å². The number of nitro groups is 1. The smallest absolute Gasteiger partial charge is 0.390 e. The average molecular weight is 208 g/mol. The Morgan fingerprint density at radius 3 is 2.73 bits per heavy atom. The van der Waals surface area contributed by atoms with E-state index in [-0.39, 0.29) is 0 Å². The third kappa shape index (κ3) is 1.45. The van der Waals surface area contributed by atoms with Crippen LogP contribution in [-0.2, 0) is 7.05 Å². The van der Waals surface area contributed by atoms with E-state index in [9.17, 15) is 10.1 Å². The van der Waals surface area contributed by atoms with Crippen molar-refractivity contribution in [3.63, 3.8) is 0 Å². The lowest BCUT2D eigenvalue weighted by Crippen LogP contribution is -2.04. The number of hydrogen-bond donors (Lipinski definition) is 0. The normalized spacial score (nSPS) is 10.5. The van der Waals surface area contributed by atoms with Gasteiger partial charge in [0.05, 0.1) is 0 Å². The van der Waals surface area contributed by atoms with E-state index in [0.717, 1.165) is 0 Å². The zero-order valence-electron chi connectivity index (χ0n) is 8.15. The van der Waals surface area contributed by atoms with Gasteiger partial charge < -0.3 is 10.1 Å². The number of rotatable bonds is 2. The highest BCUT2D eigenvalue weighted by Crippen LogP contribution is 2.10.